The topological polar surface area (TPSA) is 57.1 Å². The second-order valence-corrected chi connectivity index (χ2v) is 5.57. The number of carbonyl (C=O) groups excluding carboxylic acids is 1. The van der Waals surface area contributed by atoms with E-state index in [1.807, 2.05) is 24.3 Å². The van der Waals surface area contributed by atoms with Crippen molar-refractivity contribution in [2.45, 2.75) is 37.0 Å². The van der Waals surface area contributed by atoms with Crippen LogP contribution in [-0.4, -0.2) is 32.2 Å². The Morgan fingerprint density at radius 1 is 1.10 bits per heavy atom. The minimum absolute atomic E-state index is 0.464. The van der Waals surface area contributed by atoms with E-state index < -0.39 is 11.3 Å². The van der Waals surface area contributed by atoms with Crippen LogP contribution in [0.3, 0.4) is 0 Å². The lowest BCUT2D eigenvalue weighted by Gasteiger charge is -2.40. The molecule has 1 saturated carbocycles. The fraction of sp³-hybridized carbons (Fsp3) is 0.562. The number of hydrogen-bond acceptors (Lipinski definition) is 5. The van der Waals surface area contributed by atoms with Crippen molar-refractivity contribution in [3.05, 3.63) is 29.8 Å². The number of benzene rings is 1. The van der Waals surface area contributed by atoms with Gasteiger partial charge in [-0.25, -0.2) is 4.79 Å². The van der Waals surface area contributed by atoms with Gasteiger partial charge in [0.05, 0.1) is 25.9 Å². The summed E-state index contributed by atoms with van der Waals surface area (Å²) in [5.74, 6) is 0.327. The molecule has 0 atom stereocenters. The average Bonchev–Trinajstić information content (AvgIpc) is 2.99. The maximum atomic E-state index is 10.9. The van der Waals surface area contributed by atoms with E-state index in [4.69, 9.17) is 14.2 Å². The number of hydrogen-bond donors (Lipinski definition) is 0. The predicted octanol–water partition coefficient (Wildman–Crippen LogP) is 2.54. The van der Waals surface area contributed by atoms with Crippen LogP contribution in [0.5, 0.6) is 5.75 Å². The number of aliphatic imine (C=N–C) groups is 1. The zero-order valence-corrected chi connectivity index (χ0v) is 12.1. The Kier molecular flexibility index (Phi) is 3.81. The monoisotopic (exact) mass is 289 g/mol. The highest BCUT2D eigenvalue weighted by Gasteiger charge is 2.47. The van der Waals surface area contributed by atoms with Gasteiger partial charge < -0.3 is 14.2 Å². The van der Waals surface area contributed by atoms with Crippen molar-refractivity contribution in [2.24, 2.45) is 4.99 Å². The van der Waals surface area contributed by atoms with Gasteiger partial charge in [-0.1, -0.05) is 12.1 Å². The number of nitrogens with zero attached hydrogens (tertiary/aromatic N) is 1. The van der Waals surface area contributed by atoms with Crippen LogP contribution >= 0.6 is 0 Å². The third-order valence-corrected chi connectivity index (χ3v) is 4.54. The zero-order chi connectivity index (χ0) is 14.8. The molecule has 2 fully saturated rings. The summed E-state index contributed by atoms with van der Waals surface area (Å²) in [6.07, 6.45) is 4.66. The Bertz CT molecular complexity index is 532. The first kappa shape index (κ1) is 14.3. The number of rotatable bonds is 3. The van der Waals surface area contributed by atoms with E-state index in [1.54, 1.807) is 13.2 Å². The molecule has 112 valence electrons. The summed E-state index contributed by atoms with van der Waals surface area (Å²) >= 11 is 0. The fourth-order valence-corrected chi connectivity index (χ4v) is 3.28. The summed E-state index contributed by atoms with van der Waals surface area (Å²) in [5.41, 5.74) is 0.494. The van der Waals surface area contributed by atoms with Crippen LogP contribution in [0.4, 0.5) is 0 Å². The molecule has 1 saturated heterocycles. The molecule has 1 heterocycles. The van der Waals surface area contributed by atoms with Crippen LogP contribution in [0.2, 0.25) is 0 Å². The molecule has 5 heteroatoms. The molecule has 0 unspecified atom stereocenters. The first-order chi connectivity index (χ1) is 10.2. The molecule has 1 aliphatic carbocycles. The Balaban J connectivity index is 1.85. The molecule has 2 aliphatic rings. The minimum Gasteiger partial charge on any atom is -0.497 e. The molecule has 0 aromatic heterocycles. The van der Waals surface area contributed by atoms with Gasteiger partial charge in [0.2, 0.25) is 6.08 Å². The first-order valence-corrected chi connectivity index (χ1v) is 7.23. The fourth-order valence-electron chi connectivity index (χ4n) is 3.28. The second kappa shape index (κ2) is 5.60. The lowest BCUT2D eigenvalue weighted by Crippen LogP contribution is -2.41. The summed E-state index contributed by atoms with van der Waals surface area (Å²) in [6.45, 7) is 1.29. The summed E-state index contributed by atoms with van der Waals surface area (Å²) in [5, 5.41) is 0. The van der Waals surface area contributed by atoms with E-state index in [2.05, 4.69) is 4.99 Å². The Morgan fingerprint density at radius 2 is 1.71 bits per heavy atom. The number of methoxy groups -OCH3 is 1. The van der Waals surface area contributed by atoms with Crippen LogP contribution < -0.4 is 4.74 Å². The van der Waals surface area contributed by atoms with Crippen molar-refractivity contribution in [3.63, 3.8) is 0 Å². The van der Waals surface area contributed by atoms with Gasteiger partial charge in [-0.3, -0.25) is 0 Å². The Labute approximate surface area is 123 Å². The van der Waals surface area contributed by atoms with Gasteiger partial charge in [0.1, 0.15) is 5.75 Å². The largest absolute Gasteiger partial charge is 0.497 e. The molecule has 21 heavy (non-hydrogen) atoms. The van der Waals surface area contributed by atoms with E-state index in [-0.39, 0.29) is 0 Å². The highest BCUT2D eigenvalue weighted by Crippen LogP contribution is 2.47. The van der Waals surface area contributed by atoms with Gasteiger partial charge in [0.15, 0.2) is 5.79 Å². The van der Waals surface area contributed by atoms with E-state index in [9.17, 15) is 4.79 Å². The summed E-state index contributed by atoms with van der Waals surface area (Å²) in [6, 6.07) is 7.72. The van der Waals surface area contributed by atoms with Crippen molar-refractivity contribution < 1.29 is 19.0 Å². The lowest BCUT2D eigenvalue weighted by atomic mass is 9.75. The molecule has 5 nitrogen and oxygen atoms in total. The third-order valence-electron chi connectivity index (χ3n) is 4.54. The van der Waals surface area contributed by atoms with E-state index in [0.717, 1.165) is 24.2 Å². The van der Waals surface area contributed by atoms with Crippen molar-refractivity contribution in [2.75, 3.05) is 20.3 Å². The smallest absolute Gasteiger partial charge is 0.235 e. The zero-order valence-electron chi connectivity index (χ0n) is 12.1. The maximum absolute atomic E-state index is 10.9. The normalized spacial score (nSPS) is 22.7. The molecule has 1 aliphatic heterocycles. The number of ether oxygens (including phenoxy) is 3. The van der Waals surface area contributed by atoms with Crippen molar-refractivity contribution in [1.29, 1.82) is 0 Å². The molecule has 0 amide bonds. The summed E-state index contributed by atoms with van der Waals surface area (Å²) < 4.78 is 16.7. The summed E-state index contributed by atoms with van der Waals surface area (Å²) in [4.78, 5) is 15.0. The molecule has 0 bridgehead atoms. The summed E-state index contributed by atoms with van der Waals surface area (Å²) in [7, 11) is 1.63. The highest BCUT2D eigenvalue weighted by atomic mass is 16.7. The quantitative estimate of drug-likeness (QED) is 0.634. The molecule has 0 N–H and O–H groups in total. The van der Waals surface area contributed by atoms with Crippen LogP contribution in [0.25, 0.3) is 0 Å². The first-order valence-electron chi connectivity index (χ1n) is 7.23. The van der Waals surface area contributed by atoms with Crippen molar-refractivity contribution >= 4 is 6.08 Å². The van der Waals surface area contributed by atoms with Crippen LogP contribution in [0, 0.1) is 0 Å². The van der Waals surface area contributed by atoms with E-state index in [0.29, 0.717) is 26.1 Å². The van der Waals surface area contributed by atoms with E-state index >= 15 is 0 Å². The molecule has 1 aromatic rings. The molecule has 1 spiro atoms. The molecule has 3 rings (SSSR count). The van der Waals surface area contributed by atoms with Crippen molar-refractivity contribution in [3.8, 4) is 5.75 Å². The van der Waals surface area contributed by atoms with Gasteiger partial charge in [-0.05, 0) is 30.5 Å². The molecular weight excluding hydrogens is 270 g/mol. The van der Waals surface area contributed by atoms with Gasteiger partial charge in [-0.2, -0.15) is 4.99 Å². The Hall–Kier alpha value is -1.68. The molecule has 0 radical (unpaired) electrons. The van der Waals surface area contributed by atoms with Crippen molar-refractivity contribution in [1.82, 2.24) is 0 Å². The Morgan fingerprint density at radius 3 is 2.24 bits per heavy atom. The minimum atomic E-state index is -0.519. The van der Waals surface area contributed by atoms with Crippen LogP contribution in [-0.2, 0) is 19.8 Å². The van der Waals surface area contributed by atoms with Crippen LogP contribution in [0.15, 0.2) is 29.3 Å². The second-order valence-electron chi connectivity index (χ2n) is 5.57. The standard InChI is InChI=1S/C16H19NO4/c1-19-14-4-2-13(3-5-14)15(17-12-18)6-8-16(9-7-15)20-10-11-21-16/h2-5H,6-11H2,1H3. The van der Waals surface area contributed by atoms with Crippen LogP contribution in [0.1, 0.15) is 31.2 Å². The average molecular weight is 289 g/mol. The van der Waals surface area contributed by atoms with Gasteiger partial charge >= 0.3 is 0 Å². The molecular formula is C16H19NO4. The van der Waals surface area contributed by atoms with Gasteiger partial charge in [-0.15, -0.1) is 0 Å². The third kappa shape index (κ3) is 2.60. The number of isocyanates is 1. The maximum Gasteiger partial charge on any atom is 0.235 e. The highest BCUT2D eigenvalue weighted by molar-refractivity contribution is 5.40. The van der Waals surface area contributed by atoms with Gasteiger partial charge in [0, 0.05) is 12.8 Å². The van der Waals surface area contributed by atoms with E-state index in [1.165, 1.54) is 0 Å². The SMILES string of the molecule is COc1ccc(C2(N=C=O)CCC3(CC2)OCCO3)cc1. The lowest BCUT2D eigenvalue weighted by molar-refractivity contribution is -0.184. The predicted molar refractivity (Wildman–Crippen MR) is 75.9 cm³/mol. The van der Waals surface area contributed by atoms with Gasteiger partial charge in [0.25, 0.3) is 0 Å². The molecule has 1 aromatic carbocycles.